The average Bonchev–Trinajstić information content (AvgIpc) is 3.60. The van der Waals surface area contributed by atoms with Crippen LogP contribution >= 0.6 is 23.2 Å². The molecule has 2 aliphatic heterocycles. The lowest BCUT2D eigenvalue weighted by molar-refractivity contribution is 0.0520. The van der Waals surface area contributed by atoms with E-state index in [1.807, 2.05) is 39.8 Å². The molecular weight excluding hydrogens is 1050 g/mol. The fourth-order valence-electron chi connectivity index (χ4n) is 9.95. The van der Waals surface area contributed by atoms with Crippen LogP contribution in [0.2, 0.25) is 10.0 Å². The molecule has 0 radical (unpaired) electrons. The average molecular weight is 1120 g/mol. The topological polar surface area (TPSA) is 191 Å². The van der Waals surface area contributed by atoms with Gasteiger partial charge in [0.05, 0.1) is 92.6 Å². The summed E-state index contributed by atoms with van der Waals surface area (Å²) in [6, 6.07) is 12.7. The number of hydrogen-bond acceptors (Lipinski definition) is 13. The van der Waals surface area contributed by atoms with E-state index >= 15 is 8.78 Å². The zero-order valence-corrected chi connectivity index (χ0v) is 46.2. The number of carboxylic acids is 1. The van der Waals surface area contributed by atoms with Crippen LogP contribution in [-0.2, 0) is 49.4 Å². The Morgan fingerprint density at radius 1 is 0.590 bits per heavy atom. The SMILES string of the molecule is CCOC[C@@H](CO)n1cc(C(=O)O)c(=O)c2cc(Cc3cc(N4CCOCC4)cc(Cl)c3F)c(CC)cc21.CCOC[C@@H](CO)n1cc(C(=O)OCC)c(=O)c2cc(Cc3cc(N4CCOCC4)cc(Cl)c3F)c(CC)cc21. The summed E-state index contributed by atoms with van der Waals surface area (Å²) in [6.45, 7) is 15.0. The number of pyridine rings is 2. The number of nitrogens with zero attached hydrogens (tertiary/aromatic N) is 4. The van der Waals surface area contributed by atoms with Gasteiger partial charge in [0, 0.05) is 86.8 Å². The second kappa shape index (κ2) is 27.8. The molecule has 0 aliphatic carbocycles. The Kier molecular flexibility index (Phi) is 21.2. The number of morpholine rings is 2. The van der Waals surface area contributed by atoms with Gasteiger partial charge in [0.1, 0.15) is 22.8 Å². The molecule has 78 heavy (non-hydrogen) atoms. The highest BCUT2D eigenvalue weighted by atomic mass is 35.5. The van der Waals surface area contributed by atoms with Crippen molar-refractivity contribution in [3.05, 3.63) is 148 Å². The van der Waals surface area contributed by atoms with Gasteiger partial charge in [-0.3, -0.25) is 9.59 Å². The molecule has 2 atom stereocenters. The van der Waals surface area contributed by atoms with Gasteiger partial charge < -0.3 is 57.9 Å². The minimum Gasteiger partial charge on any atom is -0.477 e. The van der Waals surface area contributed by atoms with Crippen molar-refractivity contribution in [1.29, 1.82) is 0 Å². The number of carboxylic acid groups (broad SMARTS) is 1. The number of carbonyl (C=O) groups excluding carboxylic acids is 1. The van der Waals surface area contributed by atoms with E-state index in [4.69, 9.17) is 46.9 Å². The summed E-state index contributed by atoms with van der Waals surface area (Å²) in [4.78, 5) is 55.7. The molecule has 0 spiro atoms. The third kappa shape index (κ3) is 13.5. The largest absolute Gasteiger partial charge is 0.477 e. The van der Waals surface area contributed by atoms with E-state index in [9.17, 15) is 34.5 Å². The Morgan fingerprint density at radius 3 is 1.37 bits per heavy atom. The molecular formula is C58H68Cl2F2N4O12. The molecule has 8 rings (SSSR count). The van der Waals surface area contributed by atoms with Crippen LogP contribution in [0.1, 0.15) is 101 Å². The second-order valence-corrected chi connectivity index (χ2v) is 19.7. The maximum Gasteiger partial charge on any atom is 0.343 e. The number of anilines is 2. The fraction of sp³-hybridized carbons (Fsp3) is 0.448. The molecule has 2 aliphatic rings. The number of aromatic nitrogens is 2. The lowest BCUT2D eigenvalue weighted by atomic mass is 9.94. The molecule has 20 heteroatoms. The molecule has 0 amide bonds. The summed E-state index contributed by atoms with van der Waals surface area (Å²) in [7, 11) is 0. The molecule has 420 valence electrons. The molecule has 0 bridgehead atoms. The molecule has 4 aromatic carbocycles. The number of rotatable bonds is 21. The number of esters is 1. The smallest absolute Gasteiger partial charge is 0.343 e. The van der Waals surface area contributed by atoms with Crippen LogP contribution in [0.25, 0.3) is 21.8 Å². The number of aryl methyl sites for hydroxylation is 2. The molecule has 0 unspecified atom stereocenters. The van der Waals surface area contributed by atoms with Gasteiger partial charge in [-0.1, -0.05) is 37.0 Å². The second-order valence-electron chi connectivity index (χ2n) is 18.9. The third-order valence-electron chi connectivity index (χ3n) is 14.1. The summed E-state index contributed by atoms with van der Waals surface area (Å²) in [5, 5.41) is 30.4. The zero-order chi connectivity index (χ0) is 56.2. The highest BCUT2D eigenvalue weighted by Crippen LogP contribution is 2.33. The van der Waals surface area contributed by atoms with Crippen molar-refractivity contribution in [2.45, 2.75) is 72.4 Å². The van der Waals surface area contributed by atoms with Crippen molar-refractivity contribution in [2.75, 3.05) is 109 Å². The van der Waals surface area contributed by atoms with Crippen molar-refractivity contribution in [3.8, 4) is 0 Å². The molecule has 0 saturated carbocycles. The van der Waals surface area contributed by atoms with Crippen molar-refractivity contribution in [2.24, 2.45) is 0 Å². The first kappa shape index (κ1) is 59.7. The quantitative estimate of drug-likeness (QED) is 0.0581. The van der Waals surface area contributed by atoms with E-state index in [1.165, 1.54) is 12.4 Å². The van der Waals surface area contributed by atoms with Crippen molar-refractivity contribution in [3.63, 3.8) is 0 Å². The van der Waals surface area contributed by atoms with Gasteiger partial charge in [0.15, 0.2) is 0 Å². The fourth-order valence-corrected chi connectivity index (χ4v) is 10.4. The number of halogens is 4. The van der Waals surface area contributed by atoms with Gasteiger partial charge in [-0.25, -0.2) is 18.4 Å². The molecule has 4 heterocycles. The van der Waals surface area contributed by atoms with Crippen LogP contribution in [0.4, 0.5) is 20.2 Å². The zero-order valence-electron chi connectivity index (χ0n) is 44.7. The van der Waals surface area contributed by atoms with E-state index < -0.39 is 52.1 Å². The van der Waals surface area contributed by atoms with Gasteiger partial charge in [-0.15, -0.1) is 0 Å². The van der Waals surface area contributed by atoms with E-state index in [0.717, 1.165) is 28.1 Å². The number of aliphatic hydroxyl groups excluding tert-OH is 2. The maximum atomic E-state index is 15.3. The predicted octanol–water partition coefficient (Wildman–Crippen LogP) is 8.58. The van der Waals surface area contributed by atoms with E-state index in [2.05, 4.69) is 9.80 Å². The Hall–Kier alpha value is -5.96. The number of fused-ring (bicyclic) bond motifs is 2. The molecule has 6 aromatic rings. The van der Waals surface area contributed by atoms with Crippen LogP contribution in [0.3, 0.4) is 0 Å². The lowest BCUT2D eigenvalue weighted by Crippen LogP contribution is -2.36. The summed E-state index contributed by atoms with van der Waals surface area (Å²) in [6.07, 6.45) is 4.28. The predicted molar refractivity (Wildman–Crippen MR) is 298 cm³/mol. The van der Waals surface area contributed by atoms with Crippen molar-refractivity contribution >= 4 is 68.3 Å². The number of aromatic carboxylic acids is 1. The summed E-state index contributed by atoms with van der Waals surface area (Å²) >= 11 is 12.6. The minimum atomic E-state index is -1.36. The van der Waals surface area contributed by atoms with E-state index in [1.54, 1.807) is 52.5 Å². The van der Waals surface area contributed by atoms with Crippen LogP contribution in [-0.4, -0.2) is 135 Å². The molecule has 16 nitrogen and oxygen atoms in total. The van der Waals surface area contributed by atoms with Gasteiger partial charge in [0.25, 0.3) is 0 Å². The number of ether oxygens (including phenoxy) is 5. The monoisotopic (exact) mass is 1120 g/mol. The maximum absolute atomic E-state index is 15.3. The molecule has 2 fully saturated rings. The first-order chi connectivity index (χ1) is 37.6. The van der Waals surface area contributed by atoms with Crippen LogP contribution < -0.4 is 20.7 Å². The Balaban J connectivity index is 0.000000226. The van der Waals surface area contributed by atoms with Crippen molar-refractivity contribution in [1.82, 2.24) is 9.13 Å². The molecule has 3 N–H and O–H groups in total. The normalized spacial score (nSPS) is 14.6. The number of hydrogen-bond donors (Lipinski definition) is 3. The van der Waals surface area contributed by atoms with Gasteiger partial charge in [0.2, 0.25) is 10.9 Å². The summed E-state index contributed by atoms with van der Waals surface area (Å²) in [5.74, 6) is -3.14. The highest BCUT2D eigenvalue weighted by Gasteiger charge is 2.26. The highest BCUT2D eigenvalue weighted by molar-refractivity contribution is 6.31. The number of benzene rings is 4. The third-order valence-corrected chi connectivity index (χ3v) is 14.7. The van der Waals surface area contributed by atoms with Crippen LogP contribution in [0.5, 0.6) is 0 Å². The first-order valence-electron chi connectivity index (χ1n) is 26.4. The Bertz CT molecular complexity index is 3230. The summed E-state index contributed by atoms with van der Waals surface area (Å²) < 4.78 is 60.9. The standard InChI is InChI=1S/C30H36ClFN2O6.C28H32ClFN2O6/c1-4-19-14-27-24(29(36)25(30(37)40-6-3)16-34(27)23(17-35)18-38-5-2)13-20(19)11-21-12-22(15-26(31)28(21)32)33-7-9-39-10-8-33;1-3-17-12-25-22(27(34)23(28(35)36)14-32(25)21(15-33)16-37-4-2)11-18(17)9-19-10-20(13-24(29)26(19)30)31-5-7-38-8-6-31/h12-16,23,35H,4-11,17-18H2,1-3H3;10-14,21,33H,3-9,15-16H2,1-2H3,(H,35,36)/t23-;21-/m11/s1. The van der Waals surface area contributed by atoms with E-state index in [0.29, 0.717) is 106 Å². The Labute approximate surface area is 461 Å². The van der Waals surface area contributed by atoms with Gasteiger partial charge in [-0.05, 0) is 116 Å². The lowest BCUT2D eigenvalue weighted by Gasteiger charge is -2.29. The minimum absolute atomic E-state index is 0.0139. The van der Waals surface area contributed by atoms with Crippen LogP contribution in [0, 0.1) is 11.6 Å². The van der Waals surface area contributed by atoms with Gasteiger partial charge >= 0.3 is 11.9 Å². The van der Waals surface area contributed by atoms with Crippen LogP contribution in [0.15, 0.2) is 70.5 Å². The van der Waals surface area contributed by atoms with Gasteiger partial charge in [-0.2, -0.15) is 0 Å². The number of aliphatic hydroxyl groups is 2. The Morgan fingerprint density at radius 2 is 1.00 bits per heavy atom. The first-order valence-corrected chi connectivity index (χ1v) is 27.2. The summed E-state index contributed by atoms with van der Waals surface area (Å²) in [5.41, 5.74) is 5.00. The number of carbonyl (C=O) groups is 2. The molecule has 2 aromatic heterocycles. The van der Waals surface area contributed by atoms with Crippen molar-refractivity contribution < 1.29 is 57.4 Å². The van der Waals surface area contributed by atoms with E-state index in [-0.39, 0.29) is 72.3 Å². The molecule has 2 saturated heterocycles.